The topological polar surface area (TPSA) is 63.7 Å². The van der Waals surface area contributed by atoms with Gasteiger partial charge in [-0.05, 0) is 19.1 Å². The Balaban J connectivity index is 2.25. The van der Waals surface area contributed by atoms with Gasteiger partial charge in [-0.15, -0.1) is 0 Å². The van der Waals surface area contributed by atoms with E-state index in [0.717, 1.165) is 4.90 Å². The number of esters is 1. The van der Waals surface area contributed by atoms with Gasteiger partial charge in [0.15, 0.2) is 0 Å². The first-order chi connectivity index (χ1) is 8.56. The molecule has 0 saturated heterocycles. The number of imide groups is 1. The van der Waals surface area contributed by atoms with Crippen molar-refractivity contribution < 1.29 is 19.1 Å². The van der Waals surface area contributed by atoms with Gasteiger partial charge >= 0.3 is 5.97 Å². The van der Waals surface area contributed by atoms with E-state index < -0.39 is 12.0 Å². The largest absolute Gasteiger partial charge is 0.469 e. The van der Waals surface area contributed by atoms with Crippen LogP contribution in [0.2, 0.25) is 0 Å². The Morgan fingerprint density at radius 3 is 2.17 bits per heavy atom. The molecule has 0 N–H and O–H groups in total. The predicted octanol–water partition coefficient (Wildman–Crippen LogP) is 1.23. The molecule has 0 saturated carbocycles. The van der Waals surface area contributed by atoms with Gasteiger partial charge in [0.25, 0.3) is 11.8 Å². The molecule has 1 unspecified atom stereocenters. The Labute approximate surface area is 104 Å². The lowest BCUT2D eigenvalue weighted by Crippen LogP contribution is -2.39. The fraction of sp³-hybridized carbons (Fsp3) is 0.308. The van der Waals surface area contributed by atoms with Crippen molar-refractivity contribution in [1.29, 1.82) is 0 Å². The maximum Gasteiger partial charge on any atom is 0.307 e. The molecule has 0 radical (unpaired) electrons. The summed E-state index contributed by atoms with van der Waals surface area (Å²) in [6, 6.07) is 6.13. The van der Waals surface area contributed by atoms with Gasteiger partial charge in [-0.2, -0.15) is 0 Å². The van der Waals surface area contributed by atoms with Crippen molar-refractivity contribution in [1.82, 2.24) is 4.90 Å². The summed E-state index contributed by atoms with van der Waals surface area (Å²) < 4.78 is 4.54. The number of nitrogens with zero attached hydrogens (tertiary/aromatic N) is 1. The van der Waals surface area contributed by atoms with Crippen molar-refractivity contribution in [2.75, 3.05) is 7.11 Å². The van der Waals surface area contributed by atoms with Gasteiger partial charge in [-0.25, -0.2) is 0 Å². The second-order valence-corrected chi connectivity index (χ2v) is 4.16. The summed E-state index contributed by atoms with van der Waals surface area (Å²) in [6.07, 6.45) is 0.00195. The Morgan fingerprint density at radius 1 is 1.22 bits per heavy atom. The normalized spacial score (nSPS) is 15.6. The molecule has 0 fully saturated rings. The molecule has 5 nitrogen and oxygen atoms in total. The van der Waals surface area contributed by atoms with Crippen molar-refractivity contribution in [3.05, 3.63) is 35.4 Å². The van der Waals surface area contributed by atoms with E-state index in [1.54, 1.807) is 31.2 Å². The maximum absolute atomic E-state index is 12.1. The summed E-state index contributed by atoms with van der Waals surface area (Å²) in [5.41, 5.74) is 0.776. The van der Waals surface area contributed by atoms with Crippen LogP contribution in [0.25, 0.3) is 0 Å². The first-order valence-electron chi connectivity index (χ1n) is 5.60. The second-order valence-electron chi connectivity index (χ2n) is 4.16. The summed E-state index contributed by atoms with van der Waals surface area (Å²) in [5.74, 6) is -1.15. The minimum absolute atomic E-state index is 0.00195. The summed E-state index contributed by atoms with van der Waals surface area (Å²) in [4.78, 5) is 36.4. The minimum Gasteiger partial charge on any atom is -0.469 e. The third kappa shape index (κ3) is 1.88. The molecule has 0 aliphatic carbocycles. The third-order valence-electron chi connectivity index (χ3n) is 2.96. The van der Waals surface area contributed by atoms with Crippen molar-refractivity contribution in [2.24, 2.45) is 0 Å². The van der Waals surface area contributed by atoms with Crippen LogP contribution < -0.4 is 0 Å². The molecule has 2 amide bonds. The number of carbonyl (C=O) groups excluding carboxylic acids is 3. The van der Waals surface area contributed by atoms with Crippen LogP contribution in [-0.4, -0.2) is 35.8 Å². The lowest BCUT2D eigenvalue weighted by atomic mass is 10.1. The number of benzene rings is 1. The molecule has 18 heavy (non-hydrogen) atoms. The zero-order valence-electron chi connectivity index (χ0n) is 10.2. The minimum atomic E-state index is -0.509. The van der Waals surface area contributed by atoms with Gasteiger partial charge in [-0.3, -0.25) is 19.3 Å². The number of ether oxygens (including phenoxy) is 1. The van der Waals surface area contributed by atoms with Gasteiger partial charge < -0.3 is 4.74 Å². The number of hydrogen-bond acceptors (Lipinski definition) is 4. The van der Waals surface area contributed by atoms with Crippen LogP contribution in [0.5, 0.6) is 0 Å². The zero-order chi connectivity index (χ0) is 13.3. The van der Waals surface area contributed by atoms with Crippen LogP contribution in [-0.2, 0) is 9.53 Å². The van der Waals surface area contributed by atoms with Gasteiger partial charge in [0.05, 0.1) is 24.7 Å². The molecule has 94 valence electrons. The number of hydrogen-bond donors (Lipinski definition) is 0. The quantitative estimate of drug-likeness (QED) is 0.595. The van der Waals surface area contributed by atoms with E-state index in [0.29, 0.717) is 11.1 Å². The highest BCUT2D eigenvalue weighted by Crippen LogP contribution is 2.25. The van der Waals surface area contributed by atoms with Crippen LogP contribution in [0, 0.1) is 0 Å². The number of carbonyl (C=O) groups is 3. The smallest absolute Gasteiger partial charge is 0.307 e. The van der Waals surface area contributed by atoms with Crippen molar-refractivity contribution >= 4 is 17.8 Å². The lowest BCUT2D eigenvalue weighted by molar-refractivity contribution is -0.141. The van der Waals surface area contributed by atoms with Gasteiger partial charge in [0, 0.05) is 6.04 Å². The van der Waals surface area contributed by atoms with E-state index in [9.17, 15) is 14.4 Å². The maximum atomic E-state index is 12.1. The second kappa shape index (κ2) is 4.60. The fourth-order valence-electron chi connectivity index (χ4n) is 2.02. The Kier molecular flexibility index (Phi) is 3.14. The van der Waals surface area contributed by atoms with Crippen LogP contribution in [0.1, 0.15) is 34.1 Å². The van der Waals surface area contributed by atoms with E-state index in [-0.39, 0.29) is 18.2 Å². The first-order valence-corrected chi connectivity index (χ1v) is 5.60. The van der Waals surface area contributed by atoms with Gasteiger partial charge in [0.2, 0.25) is 0 Å². The highest BCUT2D eigenvalue weighted by Gasteiger charge is 2.38. The number of fused-ring (bicyclic) bond motifs is 1. The zero-order valence-corrected chi connectivity index (χ0v) is 10.2. The monoisotopic (exact) mass is 247 g/mol. The lowest BCUT2D eigenvalue weighted by Gasteiger charge is -2.21. The molecular weight excluding hydrogens is 234 g/mol. The molecule has 0 spiro atoms. The van der Waals surface area contributed by atoms with Crippen LogP contribution in [0.15, 0.2) is 24.3 Å². The van der Waals surface area contributed by atoms with Crippen LogP contribution in [0.3, 0.4) is 0 Å². The van der Waals surface area contributed by atoms with E-state index in [2.05, 4.69) is 4.74 Å². The standard InChI is InChI=1S/C13H13NO4/c1-8(7-11(15)18-2)14-12(16)9-5-3-4-6-10(9)13(14)17/h3-6,8H,7H2,1-2H3. The average Bonchev–Trinajstić information content (AvgIpc) is 2.62. The molecule has 0 aromatic heterocycles. The SMILES string of the molecule is COC(=O)CC(C)N1C(=O)c2ccccc2C1=O. The van der Waals surface area contributed by atoms with Crippen molar-refractivity contribution in [3.8, 4) is 0 Å². The van der Waals surface area contributed by atoms with Crippen molar-refractivity contribution in [2.45, 2.75) is 19.4 Å². The van der Waals surface area contributed by atoms with Crippen molar-refractivity contribution in [3.63, 3.8) is 0 Å². The number of rotatable bonds is 3. The van der Waals surface area contributed by atoms with Gasteiger partial charge in [0.1, 0.15) is 0 Å². The molecule has 1 aliphatic rings. The summed E-state index contributed by atoms with van der Waals surface area (Å²) in [6.45, 7) is 1.65. The molecule has 5 heteroatoms. The molecule has 1 aromatic carbocycles. The number of amides is 2. The first kappa shape index (κ1) is 12.3. The Morgan fingerprint density at radius 2 is 1.72 bits per heavy atom. The molecule has 1 aliphatic heterocycles. The highest BCUT2D eigenvalue weighted by atomic mass is 16.5. The Bertz CT molecular complexity index is 488. The molecule has 1 heterocycles. The van der Waals surface area contributed by atoms with E-state index >= 15 is 0 Å². The fourth-order valence-corrected chi connectivity index (χ4v) is 2.02. The highest BCUT2D eigenvalue weighted by molar-refractivity contribution is 6.21. The summed E-state index contributed by atoms with van der Waals surface area (Å²) in [7, 11) is 1.28. The molecule has 2 rings (SSSR count). The third-order valence-corrected chi connectivity index (χ3v) is 2.96. The Hall–Kier alpha value is -2.17. The summed E-state index contributed by atoms with van der Waals surface area (Å²) in [5, 5.41) is 0. The van der Waals surface area contributed by atoms with E-state index in [4.69, 9.17) is 0 Å². The summed E-state index contributed by atoms with van der Waals surface area (Å²) >= 11 is 0. The van der Waals surface area contributed by atoms with Gasteiger partial charge in [-0.1, -0.05) is 12.1 Å². The number of methoxy groups -OCH3 is 1. The molecular formula is C13H13NO4. The average molecular weight is 247 g/mol. The predicted molar refractivity (Wildman–Crippen MR) is 63.0 cm³/mol. The molecule has 0 bridgehead atoms. The molecule has 1 atom stereocenters. The van der Waals surface area contributed by atoms with E-state index in [1.807, 2.05) is 0 Å². The van der Waals surface area contributed by atoms with E-state index in [1.165, 1.54) is 7.11 Å². The molecule has 1 aromatic rings. The van der Waals surface area contributed by atoms with Crippen LogP contribution in [0.4, 0.5) is 0 Å². The van der Waals surface area contributed by atoms with Crippen LogP contribution >= 0.6 is 0 Å².